The molecular formula is C15H20FN7O. The molecule has 1 aliphatic heterocycles. The number of pyridine rings is 1. The smallest absolute Gasteiger partial charge is 0.223 e. The minimum absolute atomic E-state index is 0.157. The Morgan fingerprint density at radius 3 is 3.12 bits per heavy atom. The minimum Gasteiger partial charge on any atom is -0.352 e. The van der Waals surface area contributed by atoms with Gasteiger partial charge in [-0.1, -0.05) is 5.16 Å². The molecule has 1 fully saturated rings. The molecule has 0 aliphatic carbocycles. The van der Waals surface area contributed by atoms with Gasteiger partial charge < -0.3 is 20.1 Å². The Kier molecular flexibility index (Phi) is 4.88. The Morgan fingerprint density at radius 1 is 1.54 bits per heavy atom. The summed E-state index contributed by atoms with van der Waals surface area (Å²) in [6.45, 7) is 3.57. The van der Waals surface area contributed by atoms with Gasteiger partial charge in [-0.2, -0.15) is 4.98 Å². The van der Waals surface area contributed by atoms with Gasteiger partial charge in [-0.3, -0.25) is 4.99 Å². The molecule has 2 aromatic heterocycles. The maximum atomic E-state index is 13.8. The highest BCUT2D eigenvalue weighted by Crippen LogP contribution is 2.20. The number of halogens is 1. The molecule has 2 aromatic rings. The van der Waals surface area contributed by atoms with Crippen LogP contribution in [0.1, 0.15) is 18.1 Å². The summed E-state index contributed by atoms with van der Waals surface area (Å²) in [5.41, 5.74) is 0. The Hall–Kier alpha value is -2.71. The molecule has 1 unspecified atom stereocenters. The van der Waals surface area contributed by atoms with E-state index in [9.17, 15) is 4.39 Å². The second-order valence-electron chi connectivity index (χ2n) is 5.54. The van der Waals surface area contributed by atoms with Crippen molar-refractivity contribution in [3.8, 4) is 0 Å². The Bertz CT molecular complexity index is 717. The van der Waals surface area contributed by atoms with Crippen molar-refractivity contribution in [3.63, 3.8) is 0 Å². The quantitative estimate of drug-likeness (QED) is 0.633. The molecule has 2 N–H and O–H groups in total. The summed E-state index contributed by atoms with van der Waals surface area (Å²) in [5.74, 6) is 1.84. The van der Waals surface area contributed by atoms with Gasteiger partial charge in [0.2, 0.25) is 5.89 Å². The second kappa shape index (κ2) is 7.24. The number of aromatic nitrogens is 3. The normalized spacial score (nSPS) is 18.0. The van der Waals surface area contributed by atoms with E-state index >= 15 is 0 Å². The van der Waals surface area contributed by atoms with Crippen molar-refractivity contribution < 1.29 is 8.91 Å². The SMILES string of the molecule is CN=C(NCc1noc(C)n1)NC1CCN(c2ncccc2F)C1. The average Bonchev–Trinajstić information content (AvgIpc) is 3.21. The molecule has 8 nitrogen and oxygen atoms in total. The van der Waals surface area contributed by atoms with Crippen LogP contribution < -0.4 is 15.5 Å². The lowest BCUT2D eigenvalue weighted by molar-refractivity contribution is 0.386. The number of anilines is 1. The highest BCUT2D eigenvalue weighted by Gasteiger charge is 2.25. The predicted molar refractivity (Wildman–Crippen MR) is 87.2 cm³/mol. The lowest BCUT2D eigenvalue weighted by Gasteiger charge is -2.19. The molecule has 0 radical (unpaired) electrons. The highest BCUT2D eigenvalue weighted by molar-refractivity contribution is 5.80. The van der Waals surface area contributed by atoms with Crippen LogP contribution in [0.15, 0.2) is 27.8 Å². The number of aliphatic imine (C=N–C) groups is 1. The molecule has 0 saturated carbocycles. The van der Waals surface area contributed by atoms with Crippen LogP contribution in [0.4, 0.5) is 10.2 Å². The fourth-order valence-corrected chi connectivity index (χ4v) is 2.64. The van der Waals surface area contributed by atoms with E-state index in [1.54, 1.807) is 26.2 Å². The molecule has 1 atom stereocenters. The number of nitrogens with zero attached hydrogens (tertiary/aromatic N) is 5. The van der Waals surface area contributed by atoms with Gasteiger partial charge in [-0.25, -0.2) is 9.37 Å². The highest BCUT2D eigenvalue weighted by atomic mass is 19.1. The number of rotatable bonds is 4. The third-order valence-electron chi connectivity index (χ3n) is 3.77. The first-order valence-corrected chi connectivity index (χ1v) is 7.77. The molecule has 24 heavy (non-hydrogen) atoms. The number of guanidine groups is 1. The maximum absolute atomic E-state index is 13.8. The fraction of sp³-hybridized carbons (Fsp3) is 0.467. The number of hydrogen-bond acceptors (Lipinski definition) is 6. The Morgan fingerprint density at radius 2 is 2.42 bits per heavy atom. The molecule has 0 bridgehead atoms. The molecule has 1 aliphatic rings. The number of aryl methyl sites for hydroxylation is 1. The molecule has 9 heteroatoms. The second-order valence-corrected chi connectivity index (χ2v) is 5.54. The Balaban J connectivity index is 1.53. The lowest BCUT2D eigenvalue weighted by atomic mass is 10.3. The van der Waals surface area contributed by atoms with E-state index in [-0.39, 0.29) is 11.9 Å². The summed E-state index contributed by atoms with van der Waals surface area (Å²) in [5, 5.41) is 10.3. The van der Waals surface area contributed by atoms with E-state index in [2.05, 4.69) is 30.8 Å². The van der Waals surface area contributed by atoms with Gasteiger partial charge in [0.05, 0.1) is 6.54 Å². The molecular weight excluding hydrogens is 313 g/mol. The zero-order valence-electron chi connectivity index (χ0n) is 13.7. The monoisotopic (exact) mass is 333 g/mol. The Labute approximate surface area is 139 Å². The molecule has 0 spiro atoms. The van der Waals surface area contributed by atoms with E-state index in [0.29, 0.717) is 36.6 Å². The van der Waals surface area contributed by atoms with Crippen molar-refractivity contribution in [1.29, 1.82) is 0 Å². The summed E-state index contributed by atoms with van der Waals surface area (Å²) in [4.78, 5) is 14.4. The average molecular weight is 333 g/mol. The van der Waals surface area contributed by atoms with Crippen molar-refractivity contribution in [1.82, 2.24) is 25.8 Å². The largest absolute Gasteiger partial charge is 0.352 e. The number of hydrogen-bond donors (Lipinski definition) is 2. The van der Waals surface area contributed by atoms with E-state index in [1.165, 1.54) is 6.07 Å². The molecule has 3 rings (SSSR count). The first-order chi connectivity index (χ1) is 11.7. The van der Waals surface area contributed by atoms with E-state index in [0.717, 1.165) is 13.0 Å². The zero-order valence-corrected chi connectivity index (χ0v) is 13.7. The molecule has 3 heterocycles. The van der Waals surface area contributed by atoms with Crippen molar-refractivity contribution in [2.24, 2.45) is 4.99 Å². The van der Waals surface area contributed by atoms with Gasteiger partial charge in [0, 0.05) is 39.3 Å². The third kappa shape index (κ3) is 3.79. The van der Waals surface area contributed by atoms with Crippen LogP contribution in [0.5, 0.6) is 0 Å². The molecule has 1 saturated heterocycles. The summed E-state index contributed by atoms with van der Waals surface area (Å²) in [6.07, 6.45) is 2.48. The first-order valence-electron chi connectivity index (χ1n) is 7.77. The van der Waals surface area contributed by atoms with Gasteiger partial charge >= 0.3 is 0 Å². The van der Waals surface area contributed by atoms with Gasteiger partial charge in [0.15, 0.2) is 23.4 Å². The van der Waals surface area contributed by atoms with Crippen LogP contribution in [-0.2, 0) is 6.54 Å². The van der Waals surface area contributed by atoms with E-state index in [4.69, 9.17) is 4.52 Å². The topological polar surface area (TPSA) is 91.5 Å². The maximum Gasteiger partial charge on any atom is 0.223 e. The van der Waals surface area contributed by atoms with Crippen LogP contribution >= 0.6 is 0 Å². The van der Waals surface area contributed by atoms with Crippen LogP contribution in [0.3, 0.4) is 0 Å². The summed E-state index contributed by atoms with van der Waals surface area (Å²) >= 11 is 0. The van der Waals surface area contributed by atoms with Crippen molar-refractivity contribution in [2.45, 2.75) is 25.9 Å². The van der Waals surface area contributed by atoms with E-state index in [1.807, 2.05) is 4.90 Å². The fourth-order valence-electron chi connectivity index (χ4n) is 2.64. The van der Waals surface area contributed by atoms with Gasteiger partial charge in [-0.05, 0) is 18.6 Å². The van der Waals surface area contributed by atoms with Crippen LogP contribution in [-0.4, -0.2) is 47.3 Å². The molecule has 0 amide bonds. The van der Waals surface area contributed by atoms with Crippen LogP contribution in [0.25, 0.3) is 0 Å². The van der Waals surface area contributed by atoms with Gasteiger partial charge in [-0.15, -0.1) is 0 Å². The van der Waals surface area contributed by atoms with Crippen LogP contribution in [0.2, 0.25) is 0 Å². The van der Waals surface area contributed by atoms with Crippen molar-refractivity contribution in [2.75, 3.05) is 25.0 Å². The zero-order chi connectivity index (χ0) is 16.9. The molecule has 0 aromatic carbocycles. The minimum atomic E-state index is -0.298. The van der Waals surface area contributed by atoms with Crippen LogP contribution in [0, 0.1) is 12.7 Å². The standard InChI is InChI=1S/C15H20FN7O/c1-10-20-13(22-24-10)8-19-15(17-2)21-11-5-7-23(9-11)14-12(16)4-3-6-18-14/h3-4,6,11H,5,7-9H2,1-2H3,(H2,17,19,21). The number of nitrogens with one attached hydrogen (secondary N) is 2. The van der Waals surface area contributed by atoms with Crippen molar-refractivity contribution >= 4 is 11.8 Å². The van der Waals surface area contributed by atoms with Gasteiger partial charge in [0.1, 0.15) is 0 Å². The molecule has 128 valence electrons. The van der Waals surface area contributed by atoms with Gasteiger partial charge in [0.25, 0.3) is 0 Å². The van der Waals surface area contributed by atoms with Crippen molar-refractivity contribution in [3.05, 3.63) is 35.9 Å². The van der Waals surface area contributed by atoms with E-state index < -0.39 is 0 Å². The predicted octanol–water partition coefficient (Wildman–Crippen LogP) is 0.856. The first kappa shape index (κ1) is 16.2. The lowest BCUT2D eigenvalue weighted by Crippen LogP contribution is -2.44. The summed E-state index contributed by atoms with van der Waals surface area (Å²) in [7, 11) is 1.70. The summed E-state index contributed by atoms with van der Waals surface area (Å²) < 4.78 is 18.8. The summed E-state index contributed by atoms with van der Waals surface area (Å²) in [6, 6.07) is 3.18. The third-order valence-corrected chi connectivity index (χ3v) is 3.77.